The number of benzene rings is 1. The SMILES string of the molecule is CC1CCN(CCc2ccccc2)CC1N. The Balaban J connectivity index is 1.79. The Morgan fingerprint density at radius 2 is 2.06 bits per heavy atom. The first kappa shape index (κ1) is 11.6. The fraction of sp³-hybridized carbons (Fsp3) is 0.571. The molecule has 2 rings (SSSR count). The molecule has 16 heavy (non-hydrogen) atoms. The second-order valence-electron chi connectivity index (χ2n) is 4.97. The van der Waals surface area contributed by atoms with Gasteiger partial charge in [-0.25, -0.2) is 0 Å². The maximum Gasteiger partial charge on any atom is 0.0194 e. The number of nitrogens with zero attached hydrogens (tertiary/aromatic N) is 1. The van der Waals surface area contributed by atoms with E-state index in [1.54, 1.807) is 0 Å². The van der Waals surface area contributed by atoms with Crippen molar-refractivity contribution in [3.63, 3.8) is 0 Å². The van der Waals surface area contributed by atoms with Crippen LogP contribution in [0.1, 0.15) is 18.9 Å². The number of nitrogens with two attached hydrogens (primary N) is 1. The molecule has 0 saturated carbocycles. The third kappa shape index (κ3) is 3.06. The molecule has 1 fully saturated rings. The third-order valence-corrected chi connectivity index (χ3v) is 3.66. The lowest BCUT2D eigenvalue weighted by Crippen LogP contribution is -2.48. The Labute approximate surface area is 98.4 Å². The molecule has 2 atom stereocenters. The van der Waals surface area contributed by atoms with E-state index in [0.717, 1.165) is 19.5 Å². The van der Waals surface area contributed by atoms with Crippen molar-refractivity contribution in [3.05, 3.63) is 35.9 Å². The van der Waals surface area contributed by atoms with Crippen molar-refractivity contribution in [3.8, 4) is 0 Å². The molecule has 0 aromatic heterocycles. The van der Waals surface area contributed by atoms with Gasteiger partial charge in [-0.2, -0.15) is 0 Å². The Morgan fingerprint density at radius 3 is 2.75 bits per heavy atom. The maximum atomic E-state index is 6.10. The highest BCUT2D eigenvalue weighted by atomic mass is 15.1. The molecule has 1 aliphatic heterocycles. The van der Waals surface area contributed by atoms with E-state index in [1.165, 1.54) is 18.5 Å². The topological polar surface area (TPSA) is 29.3 Å². The quantitative estimate of drug-likeness (QED) is 0.839. The van der Waals surface area contributed by atoms with Crippen LogP contribution in [0.2, 0.25) is 0 Å². The van der Waals surface area contributed by atoms with E-state index in [0.29, 0.717) is 12.0 Å². The van der Waals surface area contributed by atoms with Crippen LogP contribution in [-0.2, 0) is 6.42 Å². The zero-order valence-electron chi connectivity index (χ0n) is 10.1. The van der Waals surface area contributed by atoms with Crippen LogP contribution < -0.4 is 5.73 Å². The molecule has 88 valence electrons. The third-order valence-electron chi connectivity index (χ3n) is 3.66. The van der Waals surface area contributed by atoms with Crippen LogP contribution in [0, 0.1) is 5.92 Å². The standard InChI is InChI=1S/C14H22N2/c1-12-7-9-16(11-14(12)15)10-8-13-5-3-2-4-6-13/h2-6,12,14H,7-11,15H2,1H3. The number of piperidine rings is 1. The fourth-order valence-corrected chi connectivity index (χ4v) is 2.30. The molecule has 0 spiro atoms. The van der Waals surface area contributed by atoms with Crippen LogP contribution in [-0.4, -0.2) is 30.6 Å². The highest BCUT2D eigenvalue weighted by Gasteiger charge is 2.22. The van der Waals surface area contributed by atoms with Gasteiger partial charge >= 0.3 is 0 Å². The van der Waals surface area contributed by atoms with Crippen LogP contribution in [0.4, 0.5) is 0 Å². The molecule has 0 radical (unpaired) electrons. The molecule has 1 aliphatic rings. The van der Waals surface area contributed by atoms with Crippen molar-refractivity contribution in [2.24, 2.45) is 11.7 Å². The van der Waals surface area contributed by atoms with Crippen LogP contribution in [0.5, 0.6) is 0 Å². The minimum Gasteiger partial charge on any atom is -0.326 e. The van der Waals surface area contributed by atoms with E-state index in [9.17, 15) is 0 Å². The molecule has 1 saturated heterocycles. The van der Waals surface area contributed by atoms with Gasteiger partial charge in [0.1, 0.15) is 0 Å². The molecule has 0 aliphatic carbocycles. The Hall–Kier alpha value is -0.860. The van der Waals surface area contributed by atoms with Gasteiger partial charge in [0.25, 0.3) is 0 Å². The Kier molecular flexibility index (Phi) is 3.97. The van der Waals surface area contributed by atoms with Gasteiger partial charge in [-0.05, 0) is 30.9 Å². The van der Waals surface area contributed by atoms with Crippen LogP contribution in [0.25, 0.3) is 0 Å². The van der Waals surface area contributed by atoms with Gasteiger partial charge in [0.05, 0.1) is 0 Å². The van der Waals surface area contributed by atoms with E-state index >= 15 is 0 Å². The largest absolute Gasteiger partial charge is 0.326 e. The summed E-state index contributed by atoms with van der Waals surface area (Å²) in [6.45, 7) is 5.68. The molecule has 0 amide bonds. The lowest BCUT2D eigenvalue weighted by molar-refractivity contribution is 0.170. The zero-order chi connectivity index (χ0) is 11.4. The van der Waals surface area contributed by atoms with E-state index in [1.807, 2.05) is 0 Å². The van der Waals surface area contributed by atoms with Gasteiger partial charge in [0.15, 0.2) is 0 Å². The predicted molar refractivity (Wildman–Crippen MR) is 68.3 cm³/mol. The molecule has 1 aromatic carbocycles. The van der Waals surface area contributed by atoms with E-state index < -0.39 is 0 Å². The summed E-state index contributed by atoms with van der Waals surface area (Å²) in [5.41, 5.74) is 7.52. The van der Waals surface area contributed by atoms with Gasteiger partial charge in [0, 0.05) is 19.1 Å². The smallest absolute Gasteiger partial charge is 0.0194 e. The summed E-state index contributed by atoms with van der Waals surface area (Å²) in [4.78, 5) is 2.50. The fourth-order valence-electron chi connectivity index (χ4n) is 2.30. The summed E-state index contributed by atoms with van der Waals surface area (Å²) < 4.78 is 0. The minimum atomic E-state index is 0.365. The number of hydrogen-bond donors (Lipinski definition) is 1. The van der Waals surface area contributed by atoms with Crippen molar-refractivity contribution >= 4 is 0 Å². The summed E-state index contributed by atoms with van der Waals surface area (Å²) in [6.07, 6.45) is 2.39. The normalized spacial score (nSPS) is 26.9. The highest BCUT2D eigenvalue weighted by molar-refractivity contribution is 5.14. The Morgan fingerprint density at radius 1 is 1.31 bits per heavy atom. The summed E-state index contributed by atoms with van der Waals surface area (Å²) in [6, 6.07) is 11.1. The van der Waals surface area contributed by atoms with Gasteiger partial charge in [0.2, 0.25) is 0 Å². The van der Waals surface area contributed by atoms with E-state index in [4.69, 9.17) is 5.73 Å². The molecule has 1 heterocycles. The molecule has 2 unspecified atom stereocenters. The summed E-state index contributed by atoms with van der Waals surface area (Å²) in [5.74, 6) is 0.688. The second kappa shape index (κ2) is 5.46. The van der Waals surface area contributed by atoms with Crippen LogP contribution in [0.3, 0.4) is 0 Å². The molecular weight excluding hydrogens is 196 g/mol. The van der Waals surface area contributed by atoms with Gasteiger partial charge in [-0.3, -0.25) is 0 Å². The predicted octanol–water partition coefficient (Wildman–Crippen LogP) is 1.90. The second-order valence-corrected chi connectivity index (χ2v) is 4.97. The van der Waals surface area contributed by atoms with Gasteiger partial charge in [-0.15, -0.1) is 0 Å². The first-order chi connectivity index (χ1) is 7.75. The van der Waals surface area contributed by atoms with E-state index in [-0.39, 0.29) is 0 Å². The van der Waals surface area contributed by atoms with Crippen molar-refractivity contribution in [1.29, 1.82) is 0 Å². The maximum absolute atomic E-state index is 6.10. The van der Waals surface area contributed by atoms with Gasteiger partial charge in [-0.1, -0.05) is 37.3 Å². The molecule has 0 bridgehead atoms. The van der Waals surface area contributed by atoms with Crippen molar-refractivity contribution in [2.75, 3.05) is 19.6 Å². The van der Waals surface area contributed by atoms with E-state index in [2.05, 4.69) is 42.2 Å². The van der Waals surface area contributed by atoms with Crippen LogP contribution >= 0.6 is 0 Å². The summed E-state index contributed by atoms with van der Waals surface area (Å²) in [7, 11) is 0. The molecule has 2 heteroatoms. The molecule has 2 nitrogen and oxygen atoms in total. The zero-order valence-corrected chi connectivity index (χ0v) is 10.1. The average molecular weight is 218 g/mol. The lowest BCUT2D eigenvalue weighted by Gasteiger charge is -2.35. The minimum absolute atomic E-state index is 0.365. The van der Waals surface area contributed by atoms with Crippen molar-refractivity contribution in [1.82, 2.24) is 4.90 Å². The molecule has 2 N–H and O–H groups in total. The monoisotopic (exact) mass is 218 g/mol. The van der Waals surface area contributed by atoms with Crippen molar-refractivity contribution < 1.29 is 0 Å². The van der Waals surface area contributed by atoms with Crippen LogP contribution in [0.15, 0.2) is 30.3 Å². The number of hydrogen-bond acceptors (Lipinski definition) is 2. The highest BCUT2D eigenvalue weighted by Crippen LogP contribution is 2.15. The molecular formula is C14H22N2. The molecule has 1 aromatic rings. The lowest BCUT2D eigenvalue weighted by atomic mass is 9.94. The average Bonchev–Trinajstić information content (AvgIpc) is 2.32. The first-order valence-electron chi connectivity index (χ1n) is 6.27. The van der Waals surface area contributed by atoms with Gasteiger partial charge < -0.3 is 10.6 Å². The summed E-state index contributed by atoms with van der Waals surface area (Å²) in [5, 5.41) is 0. The summed E-state index contributed by atoms with van der Waals surface area (Å²) >= 11 is 0. The number of rotatable bonds is 3. The number of likely N-dealkylation sites (tertiary alicyclic amines) is 1. The Bertz CT molecular complexity index is 310. The first-order valence-corrected chi connectivity index (χ1v) is 6.27. The van der Waals surface area contributed by atoms with Crippen molar-refractivity contribution in [2.45, 2.75) is 25.8 Å².